The van der Waals surface area contributed by atoms with E-state index in [1.54, 1.807) is 9.80 Å². The van der Waals surface area contributed by atoms with Crippen LogP contribution in [0.15, 0.2) is 18.2 Å². The molecule has 1 N–H and O–H groups in total. The number of anilines is 1. The second-order valence-electron chi connectivity index (χ2n) is 6.91. The maximum atomic E-state index is 12.2. The Morgan fingerprint density at radius 1 is 1.00 bits per heavy atom. The lowest BCUT2D eigenvalue weighted by atomic mass is 10.1. The van der Waals surface area contributed by atoms with Crippen molar-refractivity contribution < 1.29 is 23.9 Å². The SMILES string of the molecule is CC(=O)N1CCN(C(=O)CCC(=O)OCC(=O)Nc2cc(C)ccc2C)CC1. The van der Waals surface area contributed by atoms with E-state index in [2.05, 4.69) is 5.32 Å². The molecule has 1 aromatic carbocycles. The number of aryl methyl sites for hydroxylation is 2. The minimum absolute atomic E-state index is 0.00481. The number of ether oxygens (including phenoxy) is 1. The first-order chi connectivity index (χ1) is 13.3. The predicted molar refractivity (Wildman–Crippen MR) is 104 cm³/mol. The Kier molecular flexibility index (Phi) is 7.54. The molecule has 2 rings (SSSR count). The number of esters is 1. The van der Waals surface area contributed by atoms with E-state index in [1.807, 2.05) is 32.0 Å². The quantitative estimate of drug-likeness (QED) is 0.739. The zero-order valence-electron chi connectivity index (χ0n) is 16.6. The molecule has 8 heteroatoms. The number of benzene rings is 1. The number of hydrogen-bond acceptors (Lipinski definition) is 5. The molecule has 1 saturated heterocycles. The molecule has 0 aliphatic carbocycles. The van der Waals surface area contributed by atoms with Crippen LogP contribution >= 0.6 is 0 Å². The molecule has 8 nitrogen and oxygen atoms in total. The zero-order chi connectivity index (χ0) is 20.7. The van der Waals surface area contributed by atoms with Gasteiger partial charge in [0.1, 0.15) is 0 Å². The molecular weight excluding hydrogens is 362 g/mol. The summed E-state index contributed by atoms with van der Waals surface area (Å²) < 4.78 is 4.96. The Labute approximate surface area is 164 Å². The lowest BCUT2D eigenvalue weighted by Crippen LogP contribution is -2.50. The lowest BCUT2D eigenvalue weighted by Gasteiger charge is -2.34. The largest absolute Gasteiger partial charge is 0.456 e. The van der Waals surface area contributed by atoms with Crippen molar-refractivity contribution in [2.45, 2.75) is 33.6 Å². The topological polar surface area (TPSA) is 96.0 Å². The maximum absolute atomic E-state index is 12.2. The summed E-state index contributed by atoms with van der Waals surface area (Å²) in [7, 11) is 0. The molecule has 1 fully saturated rings. The summed E-state index contributed by atoms with van der Waals surface area (Å²) in [4.78, 5) is 50.6. The summed E-state index contributed by atoms with van der Waals surface area (Å²) in [6.45, 7) is 6.85. The summed E-state index contributed by atoms with van der Waals surface area (Å²) in [6.07, 6.45) is -0.0555. The minimum atomic E-state index is -0.591. The van der Waals surface area contributed by atoms with Crippen LogP contribution in [0.1, 0.15) is 30.9 Å². The van der Waals surface area contributed by atoms with Crippen LogP contribution in [0, 0.1) is 13.8 Å². The highest BCUT2D eigenvalue weighted by Gasteiger charge is 2.22. The van der Waals surface area contributed by atoms with Gasteiger partial charge in [0.25, 0.3) is 5.91 Å². The average molecular weight is 389 g/mol. The Hall–Kier alpha value is -2.90. The fourth-order valence-corrected chi connectivity index (χ4v) is 2.91. The van der Waals surface area contributed by atoms with Crippen LogP contribution in [-0.4, -0.2) is 66.3 Å². The molecule has 152 valence electrons. The summed E-state index contributed by atoms with van der Waals surface area (Å²) in [5.74, 6) is -1.17. The third-order valence-corrected chi connectivity index (χ3v) is 4.65. The van der Waals surface area contributed by atoms with Crippen LogP contribution in [0.5, 0.6) is 0 Å². The van der Waals surface area contributed by atoms with Crippen molar-refractivity contribution in [3.8, 4) is 0 Å². The highest BCUT2D eigenvalue weighted by Crippen LogP contribution is 2.16. The third-order valence-electron chi connectivity index (χ3n) is 4.65. The molecular formula is C20H27N3O5. The number of nitrogens with one attached hydrogen (secondary N) is 1. The number of rotatable bonds is 6. The van der Waals surface area contributed by atoms with Gasteiger partial charge in [-0.15, -0.1) is 0 Å². The maximum Gasteiger partial charge on any atom is 0.306 e. The Bertz CT molecular complexity index is 754. The number of amides is 3. The summed E-state index contributed by atoms with van der Waals surface area (Å²) in [5.41, 5.74) is 2.61. The number of nitrogens with zero attached hydrogens (tertiary/aromatic N) is 2. The Morgan fingerprint density at radius 3 is 2.29 bits per heavy atom. The molecule has 1 aliphatic rings. The van der Waals surface area contributed by atoms with Crippen molar-refractivity contribution >= 4 is 29.4 Å². The average Bonchev–Trinajstić information content (AvgIpc) is 2.67. The first-order valence-electron chi connectivity index (χ1n) is 9.32. The van der Waals surface area contributed by atoms with Crippen molar-refractivity contribution in [2.24, 2.45) is 0 Å². The van der Waals surface area contributed by atoms with Gasteiger partial charge >= 0.3 is 5.97 Å². The van der Waals surface area contributed by atoms with Gasteiger partial charge in [-0.2, -0.15) is 0 Å². The second kappa shape index (κ2) is 9.87. The number of carbonyl (C=O) groups is 4. The van der Waals surface area contributed by atoms with Gasteiger partial charge in [0.2, 0.25) is 11.8 Å². The summed E-state index contributed by atoms with van der Waals surface area (Å²) >= 11 is 0. The fourth-order valence-electron chi connectivity index (χ4n) is 2.91. The Balaban J connectivity index is 1.68. The van der Waals surface area contributed by atoms with Gasteiger partial charge in [-0.1, -0.05) is 12.1 Å². The third kappa shape index (κ3) is 6.37. The highest BCUT2D eigenvalue weighted by atomic mass is 16.5. The molecule has 0 radical (unpaired) electrons. The monoisotopic (exact) mass is 389 g/mol. The highest BCUT2D eigenvalue weighted by molar-refractivity contribution is 5.93. The first-order valence-corrected chi connectivity index (χ1v) is 9.32. The van der Waals surface area contributed by atoms with Gasteiger partial charge in [-0.05, 0) is 31.0 Å². The molecule has 0 spiro atoms. The fraction of sp³-hybridized carbons (Fsp3) is 0.500. The van der Waals surface area contributed by atoms with Gasteiger partial charge in [0, 0.05) is 45.2 Å². The summed E-state index contributed by atoms with van der Waals surface area (Å²) in [6, 6.07) is 5.69. The molecule has 28 heavy (non-hydrogen) atoms. The first kappa shape index (κ1) is 21.4. The van der Waals surface area contributed by atoms with Gasteiger partial charge in [-0.3, -0.25) is 19.2 Å². The molecule has 0 unspecified atom stereocenters. The molecule has 1 aliphatic heterocycles. The lowest BCUT2D eigenvalue weighted by molar-refractivity contribution is -0.149. The normalized spacial score (nSPS) is 13.8. The molecule has 0 atom stereocenters. The standard InChI is InChI=1S/C20H27N3O5/c1-14-4-5-15(2)17(12-14)21-18(25)13-28-20(27)7-6-19(26)23-10-8-22(9-11-23)16(3)24/h4-5,12H,6-11,13H2,1-3H3,(H,21,25). The van der Waals surface area contributed by atoms with E-state index in [9.17, 15) is 19.2 Å². The van der Waals surface area contributed by atoms with Crippen molar-refractivity contribution in [3.63, 3.8) is 0 Å². The number of carbonyl (C=O) groups excluding carboxylic acids is 4. The van der Waals surface area contributed by atoms with Crippen LogP contribution < -0.4 is 5.32 Å². The van der Waals surface area contributed by atoms with E-state index >= 15 is 0 Å². The van der Waals surface area contributed by atoms with Gasteiger partial charge in [0.05, 0.1) is 6.42 Å². The number of hydrogen-bond donors (Lipinski definition) is 1. The van der Waals surface area contributed by atoms with Gasteiger partial charge in [0.15, 0.2) is 6.61 Å². The smallest absolute Gasteiger partial charge is 0.306 e. The van der Waals surface area contributed by atoms with E-state index in [-0.39, 0.29) is 24.7 Å². The minimum Gasteiger partial charge on any atom is -0.456 e. The van der Waals surface area contributed by atoms with E-state index in [4.69, 9.17) is 4.74 Å². The van der Waals surface area contributed by atoms with Crippen molar-refractivity contribution in [1.82, 2.24) is 9.80 Å². The van der Waals surface area contributed by atoms with Gasteiger partial charge in [-0.25, -0.2) is 0 Å². The number of piperazine rings is 1. The van der Waals surface area contributed by atoms with Crippen molar-refractivity contribution in [2.75, 3.05) is 38.1 Å². The molecule has 0 aromatic heterocycles. The van der Waals surface area contributed by atoms with E-state index in [1.165, 1.54) is 6.92 Å². The molecule has 0 saturated carbocycles. The summed E-state index contributed by atoms with van der Waals surface area (Å²) in [5, 5.41) is 2.71. The van der Waals surface area contributed by atoms with Crippen LogP contribution in [0.25, 0.3) is 0 Å². The van der Waals surface area contributed by atoms with Crippen molar-refractivity contribution in [1.29, 1.82) is 0 Å². The van der Waals surface area contributed by atoms with Crippen LogP contribution in [-0.2, 0) is 23.9 Å². The van der Waals surface area contributed by atoms with E-state index < -0.39 is 18.5 Å². The Morgan fingerprint density at radius 2 is 1.64 bits per heavy atom. The van der Waals surface area contributed by atoms with Crippen molar-refractivity contribution in [3.05, 3.63) is 29.3 Å². The second-order valence-corrected chi connectivity index (χ2v) is 6.91. The molecule has 0 bridgehead atoms. The zero-order valence-corrected chi connectivity index (χ0v) is 16.6. The molecule has 3 amide bonds. The van der Waals surface area contributed by atoms with Crippen LogP contribution in [0.3, 0.4) is 0 Å². The van der Waals surface area contributed by atoms with Crippen LogP contribution in [0.4, 0.5) is 5.69 Å². The van der Waals surface area contributed by atoms with Crippen LogP contribution in [0.2, 0.25) is 0 Å². The van der Waals surface area contributed by atoms with E-state index in [0.29, 0.717) is 31.9 Å². The molecule has 1 aromatic rings. The predicted octanol–water partition coefficient (Wildman–Crippen LogP) is 1.26. The van der Waals surface area contributed by atoms with Gasteiger partial charge < -0.3 is 19.9 Å². The molecule has 1 heterocycles. The van der Waals surface area contributed by atoms with E-state index in [0.717, 1.165) is 11.1 Å².